The van der Waals surface area contributed by atoms with Gasteiger partial charge in [0.2, 0.25) is 0 Å². The molecule has 0 aliphatic rings. The number of hydrogen-bond donors (Lipinski definition) is 2. The third-order valence-electron chi connectivity index (χ3n) is 1.84. The second-order valence-corrected chi connectivity index (χ2v) is 3.34. The van der Waals surface area contributed by atoms with Gasteiger partial charge < -0.3 is 10.2 Å². The smallest absolute Gasteiger partial charge is 0.339 e. The van der Waals surface area contributed by atoms with E-state index in [1.54, 1.807) is 12.1 Å². The molecular weight excluding hydrogens is 216 g/mol. The molecule has 0 aliphatic heterocycles. The summed E-state index contributed by atoms with van der Waals surface area (Å²) in [6, 6.07) is 4.43. The minimum atomic E-state index is -1.14. The van der Waals surface area contributed by atoms with Crippen LogP contribution in [0.4, 0.5) is 0 Å². The van der Waals surface area contributed by atoms with Crippen LogP contribution >= 0.6 is 11.6 Å². The number of aromatic carboxylic acids is 1. The van der Waals surface area contributed by atoms with Crippen LogP contribution in [0.2, 0.25) is 0 Å². The van der Waals surface area contributed by atoms with Crippen molar-refractivity contribution in [2.24, 2.45) is 0 Å². The van der Waals surface area contributed by atoms with Gasteiger partial charge in [-0.3, -0.25) is 0 Å². The van der Waals surface area contributed by atoms with Gasteiger partial charge in [-0.2, -0.15) is 0 Å². The molecule has 0 heterocycles. The monoisotopic (exact) mass is 226 g/mol. The van der Waals surface area contributed by atoms with E-state index in [4.69, 9.17) is 16.7 Å². The van der Waals surface area contributed by atoms with Gasteiger partial charge in [0, 0.05) is 5.88 Å². The predicted octanol–water partition coefficient (Wildman–Crippen LogP) is 2.73. The van der Waals surface area contributed by atoms with E-state index in [2.05, 4.69) is 0 Å². The maximum atomic E-state index is 10.7. The number of carboxylic acids is 1. The molecule has 0 aromatic heterocycles. The molecule has 3 nitrogen and oxygen atoms in total. The van der Waals surface area contributed by atoms with Crippen LogP contribution in [0.5, 0.6) is 5.75 Å². The average Bonchev–Trinajstić information content (AvgIpc) is 2.20. The number of phenols is 1. The van der Waals surface area contributed by atoms with Crippen molar-refractivity contribution < 1.29 is 15.0 Å². The van der Waals surface area contributed by atoms with Crippen molar-refractivity contribution in [3.63, 3.8) is 0 Å². The van der Waals surface area contributed by atoms with Crippen molar-refractivity contribution in [1.82, 2.24) is 0 Å². The lowest BCUT2D eigenvalue weighted by Gasteiger charge is -2.00. The second-order valence-electron chi connectivity index (χ2n) is 2.96. The highest BCUT2D eigenvalue weighted by Crippen LogP contribution is 2.19. The molecule has 0 fully saturated rings. The maximum Gasteiger partial charge on any atom is 0.339 e. The molecule has 1 aromatic carbocycles. The van der Waals surface area contributed by atoms with Crippen LogP contribution in [0.3, 0.4) is 0 Å². The van der Waals surface area contributed by atoms with Gasteiger partial charge in [-0.15, -0.1) is 11.6 Å². The molecule has 0 saturated heterocycles. The van der Waals surface area contributed by atoms with E-state index >= 15 is 0 Å². The van der Waals surface area contributed by atoms with Gasteiger partial charge in [0.1, 0.15) is 11.3 Å². The number of aromatic hydroxyl groups is 1. The Morgan fingerprint density at radius 2 is 2.20 bits per heavy atom. The van der Waals surface area contributed by atoms with Gasteiger partial charge in [-0.25, -0.2) is 4.79 Å². The molecule has 0 spiro atoms. The van der Waals surface area contributed by atoms with E-state index in [1.165, 1.54) is 12.1 Å². The number of rotatable bonds is 4. The number of hydrogen-bond acceptors (Lipinski definition) is 2. The average molecular weight is 227 g/mol. The molecule has 4 heteroatoms. The first-order chi connectivity index (χ1) is 7.15. The van der Waals surface area contributed by atoms with E-state index in [-0.39, 0.29) is 11.3 Å². The SMILES string of the molecule is O=C(O)c1cc(C=CCCCl)ccc1O. The second kappa shape index (κ2) is 5.41. The zero-order valence-electron chi connectivity index (χ0n) is 7.98. The highest BCUT2D eigenvalue weighted by Gasteiger charge is 2.08. The number of allylic oxidation sites excluding steroid dienone is 1. The Morgan fingerprint density at radius 1 is 1.47 bits per heavy atom. The van der Waals surface area contributed by atoms with Crippen molar-refractivity contribution in [3.8, 4) is 5.75 Å². The Labute approximate surface area is 92.6 Å². The fourth-order valence-electron chi connectivity index (χ4n) is 1.11. The number of halogens is 1. The summed E-state index contributed by atoms with van der Waals surface area (Å²) < 4.78 is 0. The Bertz CT molecular complexity index is 385. The summed E-state index contributed by atoms with van der Waals surface area (Å²) >= 11 is 5.49. The van der Waals surface area contributed by atoms with Crippen LogP contribution in [0.25, 0.3) is 6.08 Å². The van der Waals surface area contributed by atoms with E-state index in [9.17, 15) is 9.90 Å². The van der Waals surface area contributed by atoms with Crippen LogP contribution < -0.4 is 0 Å². The highest BCUT2D eigenvalue weighted by molar-refractivity contribution is 6.17. The van der Waals surface area contributed by atoms with E-state index in [0.717, 1.165) is 12.0 Å². The fourth-order valence-corrected chi connectivity index (χ4v) is 1.24. The molecular formula is C11H11ClO3. The summed E-state index contributed by atoms with van der Waals surface area (Å²) in [5.41, 5.74) is 0.637. The Kier molecular flexibility index (Phi) is 4.18. The molecule has 0 bridgehead atoms. The van der Waals surface area contributed by atoms with Gasteiger partial charge >= 0.3 is 5.97 Å². The third kappa shape index (κ3) is 3.29. The summed E-state index contributed by atoms with van der Waals surface area (Å²) in [6.45, 7) is 0. The lowest BCUT2D eigenvalue weighted by Crippen LogP contribution is -1.96. The van der Waals surface area contributed by atoms with Gasteiger partial charge in [0.25, 0.3) is 0 Å². The molecule has 0 radical (unpaired) electrons. The molecule has 0 unspecified atom stereocenters. The Hall–Kier alpha value is -1.48. The quantitative estimate of drug-likeness (QED) is 0.777. The van der Waals surface area contributed by atoms with E-state index < -0.39 is 5.97 Å². The first-order valence-electron chi connectivity index (χ1n) is 4.44. The number of carbonyl (C=O) groups is 1. The Morgan fingerprint density at radius 3 is 2.80 bits per heavy atom. The molecule has 80 valence electrons. The van der Waals surface area contributed by atoms with Gasteiger partial charge in [0.15, 0.2) is 0 Å². The minimum Gasteiger partial charge on any atom is -0.507 e. The summed E-state index contributed by atoms with van der Waals surface area (Å²) in [5.74, 6) is -0.836. The normalized spacial score (nSPS) is 10.7. The van der Waals surface area contributed by atoms with Crippen molar-refractivity contribution in [1.29, 1.82) is 0 Å². The number of carboxylic acid groups (broad SMARTS) is 1. The molecule has 1 aromatic rings. The number of alkyl halides is 1. The van der Waals surface area contributed by atoms with E-state index in [0.29, 0.717) is 5.88 Å². The highest BCUT2D eigenvalue weighted by atomic mass is 35.5. The van der Waals surface area contributed by atoms with Crippen LogP contribution in [-0.4, -0.2) is 22.1 Å². The van der Waals surface area contributed by atoms with Gasteiger partial charge in [0.05, 0.1) is 0 Å². The van der Waals surface area contributed by atoms with Crippen molar-refractivity contribution in [2.75, 3.05) is 5.88 Å². The molecule has 15 heavy (non-hydrogen) atoms. The molecule has 0 atom stereocenters. The zero-order valence-corrected chi connectivity index (χ0v) is 8.74. The Balaban J connectivity index is 2.92. The summed E-state index contributed by atoms with van der Waals surface area (Å²) in [4.78, 5) is 10.7. The molecule has 1 rings (SSSR count). The lowest BCUT2D eigenvalue weighted by molar-refractivity contribution is 0.0693. The third-order valence-corrected chi connectivity index (χ3v) is 2.06. The van der Waals surface area contributed by atoms with Crippen LogP contribution in [0, 0.1) is 0 Å². The molecule has 0 aliphatic carbocycles. The topological polar surface area (TPSA) is 57.5 Å². The van der Waals surface area contributed by atoms with Crippen LogP contribution in [-0.2, 0) is 0 Å². The van der Waals surface area contributed by atoms with Gasteiger partial charge in [-0.1, -0.05) is 18.2 Å². The fraction of sp³-hybridized carbons (Fsp3) is 0.182. The van der Waals surface area contributed by atoms with Crippen molar-refractivity contribution in [2.45, 2.75) is 6.42 Å². The molecule has 0 amide bonds. The van der Waals surface area contributed by atoms with Gasteiger partial charge in [-0.05, 0) is 24.1 Å². The maximum absolute atomic E-state index is 10.7. The largest absolute Gasteiger partial charge is 0.507 e. The summed E-state index contributed by atoms with van der Waals surface area (Å²) in [5, 5.41) is 18.0. The van der Waals surface area contributed by atoms with Crippen molar-refractivity contribution >= 4 is 23.6 Å². The lowest BCUT2D eigenvalue weighted by atomic mass is 10.1. The first-order valence-corrected chi connectivity index (χ1v) is 4.97. The predicted molar refractivity (Wildman–Crippen MR) is 59.4 cm³/mol. The molecule has 0 saturated carbocycles. The summed E-state index contributed by atoms with van der Waals surface area (Å²) in [6.07, 6.45) is 4.35. The van der Waals surface area contributed by atoms with Crippen LogP contribution in [0.15, 0.2) is 24.3 Å². The van der Waals surface area contributed by atoms with Crippen molar-refractivity contribution in [3.05, 3.63) is 35.4 Å². The van der Waals surface area contributed by atoms with Crippen LogP contribution in [0.1, 0.15) is 22.3 Å². The minimum absolute atomic E-state index is 0.0944. The molecule has 2 N–H and O–H groups in total. The zero-order chi connectivity index (χ0) is 11.3. The summed E-state index contributed by atoms with van der Waals surface area (Å²) in [7, 11) is 0. The van der Waals surface area contributed by atoms with E-state index in [1.807, 2.05) is 6.08 Å². The first kappa shape index (κ1) is 11.6. The standard InChI is InChI=1S/C11H11ClO3/c12-6-2-1-3-8-4-5-10(13)9(7-8)11(14)15/h1,3-5,7,13H,2,6H2,(H,14,15). The number of benzene rings is 1.